The van der Waals surface area contributed by atoms with Gasteiger partial charge in [-0.3, -0.25) is 4.79 Å². The lowest BCUT2D eigenvalue weighted by molar-refractivity contribution is 0.0929. The van der Waals surface area contributed by atoms with Crippen molar-refractivity contribution in [3.05, 3.63) is 28.8 Å². The first kappa shape index (κ1) is 14.3. The van der Waals surface area contributed by atoms with E-state index in [-0.39, 0.29) is 23.3 Å². The third-order valence-electron chi connectivity index (χ3n) is 2.49. The molecule has 1 aromatic rings. The summed E-state index contributed by atoms with van der Waals surface area (Å²) < 4.78 is 0. The Kier molecular flexibility index (Phi) is 5.28. The number of carbonyl (C=O) groups is 1. The molecule has 0 aliphatic carbocycles. The smallest absolute Gasteiger partial charge is 0.255 e. The Labute approximate surface area is 114 Å². The summed E-state index contributed by atoms with van der Waals surface area (Å²) in [6, 6.07) is 4.47. The van der Waals surface area contributed by atoms with Gasteiger partial charge in [-0.1, -0.05) is 41.4 Å². The molecule has 1 atom stereocenters. The van der Waals surface area contributed by atoms with Crippen LogP contribution in [0, 0.1) is 5.92 Å². The summed E-state index contributed by atoms with van der Waals surface area (Å²) in [6.45, 7) is 4.04. The summed E-state index contributed by atoms with van der Waals surface area (Å²) in [7, 11) is 0. The molecule has 0 bridgehead atoms. The molecule has 3 nitrogen and oxygen atoms in total. The molecule has 1 rings (SSSR count). The van der Waals surface area contributed by atoms with Crippen LogP contribution < -0.4 is 5.32 Å². The van der Waals surface area contributed by atoms with Crippen molar-refractivity contribution < 1.29 is 9.90 Å². The second-order valence-electron chi connectivity index (χ2n) is 4.14. The monoisotopic (exact) mass is 319 g/mol. The van der Waals surface area contributed by atoms with Crippen LogP contribution in [-0.2, 0) is 0 Å². The van der Waals surface area contributed by atoms with Gasteiger partial charge in [0.2, 0.25) is 0 Å². The Morgan fingerprint density at radius 1 is 1.53 bits per heavy atom. The summed E-state index contributed by atoms with van der Waals surface area (Å²) in [4.78, 5) is 11.9. The fraction of sp³-hybridized carbons (Fsp3) is 0.417. The Morgan fingerprint density at radius 3 is 2.65 bits per heavy atom. The molecular formula is C12H15BrClNO2. The molecule has 0 radical (unpaired) electrons. The largest absolute Gasteiger partial charge is 0.507 e. The average molecular weight is 321 g/mol. The van der Waals surface area contributed by atoms with E-state index in [1.165, 1.54) is 12.1 Å². The van der Waals surface area contributed by atoms with Gasteiger partial charge >= 0.3 is 0 Å². The van der Waals surface area contributed by atoms with Crippen molar-refractivity contribution in [3.8, 4) is 5.75 Å². The highest BCUT2D eigenvalue weighted by Crippen LogP contribution is 2.22. The van der Waals surface area contributed by atoms with Crippen molar-refractivity contribution in [3.63, 3.8) is 0 Å². The molecule has 94 valence electrons. The summed E-state index contributed by atoms with van der Waals surface area (Å²) in [5.74, 6) is -0.0860. The zero-order chi connectivity index (χ0) is 13.0. The van der Waals surface area contributed by atoms with Crippen LogP contribution in [0.15, 0.2) is 18.2 Å². The molecule has 0 spiro atoms. The van der Waals surface area contributed by atoms with Crippen molar-refractivity contribution in [2.45, 2.75) is 19.9 Å². The minimum Gasteiger partial charge on any atom is -0.507 e. The number of phenolic OH excluding ortho intramolecular Hbond substituents is 1. The number of nitrogens with one attached hydrogen (secondary N) is 1. The minimum absolute atomic E-state index is 0.0255. The second-order valence-corrected chi connectivity index (χ2v) is 5.22. The molecule has 2 N–H and O–H groups in total. The molecule has 0 saturated heterocycles. The number of hydrogen-bond donors (Lipinski definition) is 2. The van der Waals surface area contributed by atoms with Gasteiger partial charge in [0, 0.05) is 16.4 Å². The van der Waals surface area contributed by atoms with Crippen LogP contribution in [0.5, 0.6) is 5.75 Å². The van der Waals surface area contributed by atoms with E-state index in [0.717, 1.165) is 0 Å². The highest BCUT2D eigenvalue weighted by atomic mass is 79.9. The van der Waals surface area contributed by atoms with Crippen molar-refractivity contribution in [2.24, 2.45) is 5.92 Å². The molecule has 0 aliphatic rings. The van der Waals surface area contributed by atoms with E-state index in [0.29, 0.717) is 16.3 Å². The topological polar surface area (TPSA) is 49.3 Å². The number of amides is 1. The Hall–Kier alpha value is -0.740. The maximum Gasteiger partial charge on any atom is 0.255 e. The zero-order valence-corrected chi connectivity index (χ0v) is 12.0. The number of aromatic hydroxyl groups is 1. The highest BCUT2D eigenvalue weighted by molar-refractivity contribution is 9.09. The van der Waals surface area contributed by atoms with Crippen molar-refractivity contribution >= 4 is 33.4 Å². The molecule has 0 heterocycles. The highest BCUT2D eigenvalue weighted by Gasteiger charge is 2.18. The SMILES string of the molecule is CC(C)C(CBr)NC(=O)c1ccc(Cl)cc1O. The summed E-state index contributed by atoms with van der Waals surface area (Å²) >= 11 is 9.06. The van der Waals surface area contributed by atoms with Crippen LogP contribution in [0.2, 0.25) is 5.02 Å². The van der Waals surface area contributed by atoms with Gasteiger partial charge in [-0.15, -0.1) is 0 Å². The summed E-state index contributed by atoms with van der Waals surface area (Å²) in [5.41, 5.74) is 0.237. The van der Waals surface area contributed by atoms with E-state index < -0.39 is 0 Å². The summed E-state index contributed by atoms with van der Waals surface area (Å²) in [6.07, 6.45) is 0. The van der Waals surface area contributed by atoms with Gasteiger partial charge in [-0.05, 0) is 24.1 Å². The first-order valence-corrected chi connectivity index (χ1v) is 6.81. The predicted octanol–water partition coefficient (Wildman–Crippen LogP) is 3.19. The molecular weight excluding hydrogens is 305 g/mol. The van der Waals surface area contributed by atoms with Gasteiger partial charge < -0.3 is 10.4 Å². The maximum atomic E-state index is 11.9. The van der Waals surface area contributed by atoms with Crippen LogP contribution in [-0.4, -0.2) is 22.4 Å². The van der Waals surface area contributed by atoms with E-state index in [2.05, 4.69) is 21.2 Å². The first-order valence-electron chi connectivity index (χ1n) is 5.31. The molecule has 17 heavy (non-hydrogen) atoms. The number of benzene rings is 1. The van der Waals surface area contributed by atoms with Gasteiger partial charge in [-0.2, -0.15) is 0 Å². The Bertz CT molecular complexity index is 409. The molecule has 0 fully saturated rings. The zero-order valence-electron chi connectivity index (χ0n) is 9.71. The first-order chi connectivity index (χ1) is 7.95. The van der Waals surface area contributed by atoms with Gasteiger partial charge in [0.1, 0.15) is 5.75 Å². The van der Waals surface area contributed by atoms with Crippen molar-refractivity contribution in [2.75, 3.05) is 5.33 Å². The number of halogens is 2. The molecule has 0 aliphatic heterocycles. The van der Waals surface area contributed by atoms with E-state index in [1.807, 2.05) is 13.8 Å². The van der Waals surface area contributed by atoms with Crippen LogP contribution in [0.25, 0.3) is 0 Å². The summed E-state index contributed by atoms with van der Waals surface area (Å²) in [5, 5.41) is 13.6. The molecule has 0 saturated carbocycles. The normalized spacial score (nSPS) is 12.5. The fourth-order valence-electron chi connectivity index (χ4n) is 1.33. The molecule has 5 heteroatoms. The Balaban J connectivity index is 2.82. The fourth-order valence-corrected chi connectivity index (χ4v) is 2.40. The maximum absolute atomic E-state index is 11.9. The average Bonchev–Trinajstić information content (AvgIpc) is 2.24. The van der Waals surface area contributed by atoms with Gasteiger partial charge in [0.15, 0.2) is 0 Å². The number of alkyl halides is 1. The van der Waals surface area contributed by atoms with Gasteiger partial charge in [0.05, 0.1) is 5.56 Å². The number of phenols is 1. The number of hydrogen-bond acceptors (Lipinski definition) is 2. The quantitative estimate of drug-likeness (QED) is 0.837. The Morgan fingerprint density at radius 2 is 2.18 bits per heavy atom. The lowest BCUT2D eigenvalue weighted by Crippen LogP contribution is -2.39. The van der Waals surface area contributed by atoms with Crippen LogP contribution >= 0.6 is 27.5 Å². The van der Waals surface area contributed by atoms with Crippen molar-refractivity contribution in [1.29, 1.82) is 0 Å². The van der Waals surface area contributed by atoms with Gasteiger partial charge in [0.25, 0.3) is 5.91 Å². The van der Waals surface area contributed by atoms with Crippen LogP contribution in [0.1, 0.15) is 24.2 Å². The van der Waals surface area contributed by atoms with Crippen molar-refractivity contribution in [1.82, 2.24) is 5.32 Å². The van der Waals surface area contributed by atoms with Crippen LogP contribution in [0.4, 0.5) is 0 Å². The third-order valence-corrected chi connectivity index (χ3v) is 3.42. The van der Waals surface area contributed by atoms with E-state index in [1.54, 1.807) is 6.07 Å². The third kappa shape index (κ3) is 3.89. The standard InChI is InChI=1S/C12H15BrClNO2/c1-7(2)10(6-13)15-12(17)9-4-3-8(14)5-11(9)16/h3-5,7,10,16H,6H2,1-2H3,(H,15,17). The lowest BCUT2D eigenvalue weighted by atomic mass is 10.1. The van der Waals surface area contributed by atoms with E-state index >= 15 is 0 Å². The molecule has 1 amide bonds. The van der Waals surface area contributed by atoms with E-state index in [4.69, 9.17) is 11.6 Å². The number of rotatable bonds is 4. The second kappa shape index (κ2) is 6.26. The lowest BCUT2D eigenvalue weighted by Gasteiger charge is -2.20. The molecule has 1 aromatic carbocycles. The van der Waals surface area contributed by atoms with E-state index in [9.17, 15) is 9.90 Å². The van der Waals surface area contributed by atoms with Gasteiger partial charge in [-0.25, -0.2) is 0 Å². The molecule has 1 unspecified atom stereocenters. The van der Waals surface area contributed by atoms with Crippen LogP contribution in [0.3, 0.4) is 0 Å². The number of carbonyl (C=O) groups excluding carboxylic acids is 1. The predicted molar refractivity (Wildman–Crippen MR) is 73.0 cm³/mol. The minimum atomic E-state index is -0.294. The molecule has 0 aromatic heterocycles.